The molecule has 418 valence electrons. The zero-order valence-corrected chi connectivity index (χ0v) is 38.8. The van der Waals surface area contributed by atoms with Gasteiger partial charge >= 0.3 is 0 Å². The maximum atomic E-state index is 12.6. The molecule has 72 heavy (non-hydrogen) atoms. The largest absolute Gasteiger partial charge is 0.394 e. The Morgan fingerprint density at radius 2 is 0.750 bits per heavy atom. The van der Waals surface area contributed by atoms with Gasteiger partial charge in [0, 0.05) is 13.8 Å². The fourth-order valence-corrected chi connectivity index (χ4v) is 8.96. The molecule has 0 aromatic heterocycles. The van der Waals surface area contributed by atoms with Crippen molar-refractivity contribution in [1.82, 2.24) is 10.6 Å². The van der Waals surface area contributed by atoms with Gasteiger partial charge < -0.3 is 150 Å². The molecule has 0 aromatic carbocycles. The summed E-state index contributed by atoms with van der Waals surface area (Å²) in [5, 5.41) is 185. The highest BCUT2D eigenvalue weighted by molar-refractivity contribution is 5.73. The van der Waals surface area contributed by atoms with E-state index >= 15 is 0 Å². The van der Waals surface area contributed by atoms with Crippen LogP contribution >= 0.6 is 0 Å². The maximum absolute atomic E-state index is 12.6. The Labute approximate surface area is 408 Å². The smallest absolute Gasteiger partial charge is 0.217 e. The van der Waals surface area contributed by atoms with Gasteiger partial charge in [-0.25, -0.2) is 0 Å². The normalized spacial score (nSPS) is 50.3. The Hall–Kier alpha value is -2.18. The van der Waals surface area contributed by atoms with E-state index in [0.717, 1.165) is 13.8 Å². The van der Waals surface area contributed by atoms with Crippen LogP contribution in [0.25, 0.3) is 0 Å². The molecule has 0 aliphatic carbocycles. The number of aliphatic hydroxyl groups excluding tert-OH is 17. The van der Waals surface area contributed by atoms with Gasteiger partial charge in [0.2, 0.25) is 11.8 Å². The SMILES string of the molecule is CC(=O)N[C@@H]1[C@@H](O)[C@H](O[C@@H]2O[C@H](CO)[C@@H](O[C@@H]3O[C@H](CO[C@H]4O[C@H](CO[C@H]5O[C@H](CO)[C@@H](O)[C@H](O)[C@@H]5O)[C@@H](O)[C@H](O)[C@@H]4O)[C@@H](O)[C@H](O)[C@@H]3O)[C@H](O)[C@H]2NC(C)=O)[C@@H](CO[C@@H]2O[C@@H](C)[C@@H](O)[C@@H](O)[C@@H]2O)O[C@H]1O. The van der Waals surface area contributed by atoms with E-state index in [9.17, 15) is 96.4 Å². The number of aliphatic hydroxyl groups is 17. The Kier molecular flexibility index (Phi) is 20.8. The molecular formula is C40H68N2O30. The molecular weight excluding hydrogens is 988 g/mol. The highest BCUT2D eigenvalue weighted by atomic mass is 16.8. The molecule has 19 N–H and O–H groups in total. The number of hydrogen-bond acceptors (Lipinski definition) is 30. The zero-order valence-electron chi connectivity index (χ0n) is 38.8. The lowest BCUT2D eigenvalue weighted by atomic mass is 9.94. The van der Waals surface area contributed by atoms with Gasteiger partial charge in [0.15, 0.2) is 37.7 Å². The third kappa shape index (κ3) is 13.0. The maximum Gasteiger partial charge on any atom is 0.217 e. The van der Waals surface area contributed by atoms with E-state index in [-0.39, 0.29) is 0 Å². The molecule has 32 heteroatoms. The summed E-state index contributed by atoms with van der Waals surface area (Å²) in [5.41, 5.74) is 0. The fraction of sp³-hybridized carbons (Fsp3) is 0.950. The van der Waals surface area contributed by atoms with E-state index in [4.69, 9.17) is 52.1 Å². The van der Waals surface area contributed by atoms with E-state index in [2.05, 4.69) is 10.6 Å². The molecule has 0 radical (unpaired) electrons. The van der Waals surface area contributed by atoms with Gasteiger partial charge in [0.25, 0.3) is 0 Å². The molecule has 2 amide bonds. The molecule has 6 fully saturated rings. The van der Waals surface area contributed by atoms with Crippen molar-refractivity contribution in [1.29, 1.82) is 0 Å². The third-order valence-electron chi connectivity index (χ3n) is 13.1. The van der Waals surface area contributed by atoms with Crippen LogP contribution in [0.2, 0.25) is 0 Å². The zero-order chi connectivity index (χ0) is 53.2. The van der Waals surface area contributed by atoms with Crippen molar-refractivity contribution in [3.8, 4) is 0 Å². The van der Waals surface area contributed by atoms with Gasteiger partial charge in [0.05, 0.1) is 39.1 Å². The van der Waals surface area contributed by atoms with E-state index in [1.165, 1.54) is 6.92 Å². The molecule has 0 spiro atoms. The van der Waals surface area contributed by atoms with Gasteiger partial charge in [-0.2, -0.15) is 0 Å². The van der Waals surface area contributed by atoms with Crippen molar-refractivity contribution in [2.45, 2.75) is 205 Å². The van der Waals surface area contributed by atoms with Crippen molar-refractivity contribution in [2.75, 3.05) is 33.0 Å². The Morgan fingerprint density at radius 1 is 0.389 bits per heavy atom. The number of rotatable bonds is 17. The van der Waals surface area contributed by atoms with Crippen LogP contribution < -0.4 is 10.6 Å². The number of nitrogens with one attached hydrogen (secondary N) is 2. The first-order valence-corrected chi connectivity index (χ1v) is 23.0. The van der Waals surface area contributed by atoms with Gasteiger partial charge in [-0.3, -0.25) is 9.59 Å². The molecule has 30 atom stereocenters. The lowest BCUT2D eigenvalue weighted by Gasteiger charge is -2.49. The van der Waals surface area contributed by atoms with Gasteiger partial charge in [0.1, 0.15) is 140 Å². The predicted molar refractivity (Wildman–Crippen MR) is 221 cm³/mol. The van der Waals surface area contributed by atoms with Crippen LogP contribution in [0.5, 0.6) is 0 Å². The van der Waals surface area contributed by atoms with E-state index in [0.29, 0.717) is 0 Å². The van der Waals surface area contributed by atoms with Crippen molar-refractivity contribution in [3.05, 3.63) is 0 Å². The molecule has 0 saturated carbocycles. The second-order valence-electron chi connectivity index (χ2n) is 18.3. The molecule has 0 aromatic rings. The number of carbonyl (C=O) groups excluding carboxylic acids is 2. The first-order chi connectivity index (χ1) is 33.9. The van der Waals surface area contributed by atoms with Gasteiger partial charge in [-0.15, -0.1) is 0 Å². The summed E-state index contributed by atoms with van der Waals surface area (Å²) in [6.45, 7) is -0.605. The second-order valence-corrected chi connectivity index (χ2v) is 18.3. The van der Waals surface area contributed by atoms with Crippen LogP contribution in [0.15, 0.2) is 0 Å². The van der Waals surface area contributed by atoms with Crippen molar-refractivity contribution < 1.29 is 149 Å². The number of hydrogen-bond donors (Lipinski definition) is 19. The van der Waals surface area contributed by atoms with E-state index in [1.54, 1.807) is 0 Å². The number of amides is 2. The summed E-state index contributed by atoms with van der Waals surface area (Å²) in [5.74, 6) is -1.56. The Bertz CT molecular complexity index is 1730. The summed E-state index contributed by atoms with van der Waals surface area (Å²) in [6, 6.07) is -3.32. The van der Waals surface area contributed by atoms with Crippen molar-refractivity contribution in [2.24, 2.45) is 0 Å². The van der Waals surface area contributed by atoms with Crippen LogP contribution in [0.1, 0.15) is 20.8 Å². The summed E-state index contributed by atoms with van der Waals surface area (Å²) < 4.78 is 62.1. The van der Waals surface area contributed by atoms with Crippen LogP contribution in [0.4, 0.5) is 0 Å². The molecule has 0 unspecified atom stereocenters. The quantitative estimate of drug-likeness (QED) is 0.0643. The van der Waals surface area contributed by atoms with E-state index < -0.39 is 229 Å². The first-order valence-electron chi connectivity index (χ1n) is 23.0. The second kappa shape index (κ2) is 25.3. The minimum absolute atomic E-state index is 0.705. The minimum Gasteiger partial charge on any atom is -0.394 e. The Balaban J connectivity index is 1.14. The van der Waals surface area contributed by atoms with Crippen LogP contribution in [0, 0.1) is 0 Å². The number of carbonyl (C=O) groups is 2. The molecule has 6 heterocycles. The van der Waals surface area contributed by atoms with E-state index in [1.807, 2.05) is 0 Å². The predicted octanol–water partition coefficient (Wildman–Crippen LogP) is -12.8. The monoisotopic (exact) mass is 1060 g/mol. The van der Waals surface area contributed by atoms with Crippen LogP contribution in [0.3, 0.4) is 0 Å². The first kappa shape index (κ1) is 59.1. The lowest BCUT2D eigenvalue weighted by molar-refractivity contribution is -0.368. The summed E-state index contributed by atoms with van der Waals surface area (Å²) in [4.78, 5) is 24.6. The molecule has 32 nitrogen and oxygen atoms in total. The molecule has 0 bridgehead atoms. The average molecular weight is 1060 g/mol. The Morgan fingerprint density at radius 3 is 1.25 bits per heavy atom. The summed E-state index contributed by atoms with van der Waals surface area (Å²) in [6.07, 6.45) is -49.9. The topological polar surface area (TPSA) is 504 Å². The van der Waals surface area contributed by atoms with Crippen molar-refractivity contribution in [3.63, 3.8) is 0 Å². The fourth-order valence-electron chi connectivity index (χ4n) is 8.96. The molecule has 6 saturated heterocycles. The molecule has 6 aliphatic rings. The van der Waals surface area contributed by atoms with Gasteiger partial charge in [-0.05, 0) is 6.92 Å². The average Bonchev–Trinajstić information content (AvgIpc) is 3.34. The van der Waals surface area contributed by atoms with Crippen LogP contribution in [-0.4, -0.2) is 316 Å². The third-order valence-corrected chi connectivity index (χ3v) is 13.1. The lowest BCUT2D eigenvalue weighted by Crippen LogP contribution is -2.70. The minimum atomic E-state index is -2.13. The highest BCUT2D eigenvalue weighted by Gasteiger charge is 2.56. The molecule has 6 aliphatic heterocycles. The standard InChI is InChI=1S/C40H68N2O30/c1-9-19(47)25(53)29(57)37(65-9)64-8-16-34(23(51)17(35(61)66-16)41-10(2)45)71-36-18(42-11(3)46)24(52)33(13(5-44)68-36)72-40-32(60)28(56)22(50)15(70-40)7-63-39-31(59)27(55)21(49)14(69-39)6-62-38-30(58)26(54)20(48)12(4-43)67-38/h9,12-40,43-44,47-61H,4-8H2,1-3H3,(H,41,45)(H,42,46)/t9-,12+,13+,14+,15+,16+,17+,18+,19+,20+,21+,22+,23+,24+,25+,26-,27-,28-,29-,30-,31-,32-,33+,34+,35+,36-,37+,38-,39-,40-/m0/s1. The number of ether oxygens (including phenoxy) is 11. The molecule has 6 rings (SSSR count). The summed E-state index contributed by atoms with van der Waals surface area (Å²) >= 11 is 0. The van der Waals surface area contributed by atoms with Crippen LogP contribution in [-0.2, 0) is 61.7 Å². The summed E-state index contributed by atoms with van der Waals surface area (Å²) in [7, 11) is 0. The highest BCUT2D eigenvalue weighted by Crippen LogP contribution is 2.34. The van der Waals surface area contributed by atoms with Crippen molar-refractivity contribution >= 4 is 11.8 Å². The van der Waals surface area contributed by atoms with Gasteiger partial charge in [-0.1, -0.05) is 0 Å².